The van der Waals surface area contributed by atoms with Gasteiger partial charge in [0.25, 0.3) is 0 Å². The summed E-state index contributed by atoms with van der Waals surface area (Å²) >= 11 is 0. The fraction of sp³-hybridized carbons (Fsp3) is 0.286. The number of nitrogens with one attached hydrogen (secondary N) is 1. The van der Waals surface area contributed by atoms with Gasteiger partial charge in [0, 0.05) is 16.8 Å². The Kier molecular flexibility index (Phi) is 5.81. The molecule has 0 spiro atoms. The SMILES string of the molecule is CCOC(=O)c1c(C)[nH]c(C(=O)OCc2noc(-c3ccc(F)cc3)c2C)c1C. The number of esters is 2. The number of hydrogen-bond acceptors (Lipinski definition) is 6. The maximum atomic E-state index is 13.1. The number of aryl methyl sites for hydroxylation is 1. The first-order chi connectivity index (χ1) is 13.8. The smallest absolute Gasteiger partial charge is 0.355 e. The molecule has 7 nitrogen and oxygen atoms in total. The zero-order valence-electron chi connectivity index (χ0n) is 16.6. The number of rotatable bonds is 6. The molecule has 0 unspecified atom stereocenters. The van der Waals surface area contributed by atoms with E-state index in [-0.39, 0.29) is 24.7 Å². The van der Waals surface area contributed by atoms with Crippen molar-refractivity contribution in [3.8, 4) is 11.3 Å². The lowest BCUT2D eigenvalue weighted by Gasteiger charge is -2.04. The summed E-state index contributed by atoms with van der Waals surface area (Å²) < 4.78 is 28.8. The fourth-order valence-corrected chi connectivity index (χ4v) is 3.04. The second-order valence-electron chi connectivity index (χ2n) is 6.51. The first kappa shape index (κ1) is 20.3. The topological polar surface area (TPSA) is 94.4 Å². The highest BCUT2D eigenvalue weighted by atomic mass is 19.1. The number of carbonyl (C=O) groups is 2. The van der Waals surface area contributed by atoms with Crippen LogP contribution < -0.4 is 0 Å². The minimum Gasteiger partial charge on any atom is -0.462 e. The molecule has 29 heavy (non-hydrogen) atoms. The number of nitrogens with zero attached hydrogens (tertiary/aromatic N) is 1. The van der Waals surface area contributed by atoms with E-state index in [1.54, 1.807) is 39.8 Å². The van der Waals surface area contributed by atoms with E-state index >= 15 is 0 Å². The molecule has 152 valence electrons. The summed E-state index contributed by atoms with van der Waals surface area (Å²) in [5.41, 5.74) is 3.32. The van der Waals surface area contributed by atoms with Gasteiger partial charge in [-0.1, -0.05) is 5.16 Å². The number of H-pyrrole nitrogens is 1. The van der Waals surface area contributed by atoms with Crippen molar-refractivity contribution in [3.05, 3.63) is 63.9 Å². The van der Waals surface area contributed by atoms with Gasteiger partial charge < -0.3 is 19.0 Å². The molecule has 0 aliphatic heterocycles. The molecule has 2 aromatic heterocycles. The number of aromatic nitrogens is 2. The molecule has 2 heterocycles. The largest absolute Gasteiger partial charge is 0.462 e. The average molecular weight is 400 g/mol. The van der Waals surface area contributed by atoms with Crippen molar-refractivity contribution in [2.45, 2.75) is 34.3 Å². The highest BCUT2D eigenvalue weighted by Crippen LogP contribution is 2.27. The summed E-state index contributed by atoms with van der Waals surface area (Å²) in [7, 11) is 0. The van der Waals surface area contributed by atoms with E-state index in [1.165, 1.54) is 12.1 Å². The highest BCUT2D eigenvalue weighted by Gasteiger charge is 2.24. The number of halogens is 1. The average Bonchev–Trinajstić information content (AvgIpc) is 3.20. The number of carbonyl (C=O) groups excluding carboxylic acids is 2. The van der Waals surface area contributed by atoms with E-state index in [0.29, 0.717) is 39.4 Å². The molecule has 1 aromatic carbocycles. The Hall–Kier alpha value is -3.42. The molecule has 0 atom stereocenters. The summed E-state index contributed by atoms with van der Waals surface area (Å²) in [5.74, 6) is -0.979. The molecular formula is C21H21FN2O5. The van der Waals surface area contributed by atoms with Gasteiger partial charge in [-0.25, -0.2) is 14.0 Å². The van der Waals surface area contributed by atoms with Crippen LogP contribution in [-0.4, -0.2) is 28.7 Å². The maximum absolute atomic E-state index is 13.1. The van der Waals surface area contributed by atoms with Crippen molar-refractivity contribution in [3.63, 3.8) is 0 Å². The Morgan fingerprint density at radius 3 is 2.41 bits per heavy atom. The number of benzene rings is 1. The second kappa shape index (κ2) is 8.30. The van der Waals surface area contributed by atoms with Gasteiger partial charge in [-0.05, 0) is 57.5 Å². The Morgan fingerprint density at radius 1 is 1.07 bits per heavy atom. The maximum Gasteiger partial charge on any atom is 0.355 e. The lowest BCUT2D eigenvalue weighted by molar-refractivity contribution is 0.0456. The fourth-order valence-electron chi connectivity index (χ4n) is 3.04. The van der Waals surface area contributed by atoms with Crippen molar-refractivity contribution in [1.29, 1.82) is 0 Å². The molecule has 0 bridgehead atoms. The third-order valence-corrected chi connectivity index (χ3v) is 4.59. The molecule has 3 aromatic rings. The molecule has 0 aliphatic rings. The second-order valence-corrected chi connectivity index (χ2v) is 6.51. The van der Waals surface area contributed by atoms with Gasteiger partial charge in [0.1, 0.15) is 23.8 Å². The van der Waals surface area contributed by atoms with Crippen LogP contribution in [0.25, 0.3) is 11.3 Å². The predicted octanol–water partition coefficient (Wildman–Crippen LogP) is 4.27. The van der Waals surface area contributed by atoms with Crippen molar-refractivity contribution < 1.29 is 28.0 Å². The van der Waals surface area contributed by atoms with E-state index in [9.17, 15) is 14.0 Å². The molecular weight excluding hydrogens is 379 g/mol. The Balaban J connectivity index is 1.74. The molecule has 0 aliphatic carbocycles. The quantitative estimate of drug-likeness (QED) is 0.621. The van der Waals surface area contributed by atoms with Gasteiger partial charge in [0.15, 0.2) is 5.76 Å². The van der Waals surface area contributed by atoms with Crippen LogP contribution in [-0.2, 0) is 16.1 Å². The van der Waals surface area contributed by atoms with Gasteiger partial charge in [-0.3, -0.25) is 0 Å². The van der Waals surface area contributed by atoms with Crippen LogP contribution in [0.3, 0.4) is 0 Å². The minimum atomic E-state index is -0.619. The van der Waals surface area contributed by atoms with Gasteiger partial charge in [-0.15, -0.1) is 0 Å². The zero-order chi connectivity index (χ0) is 21.1. The Morgan fingerprint density at radius 2 is 1.76 bits per heavy atom. The van der Waals surface area contributed by atoms with Crippen LogP contribution in [0.4, 0.5) is 4.39 Å². The highest BCUT2D eigenvalue weighted by molar-refractivity contribution is 5.98. The van der Waals surface area contributed by atoms with E-state index in [1.807, 2.05) is 0 Å². The van der Waals surface area contributed by atoms with Crippen molar-refractivity contribution in [2.75, 3.05) is 6.61 Å². The van der Waals surface area contributed by atoms with Gasteiger partial charge in [-0.2, -0.15) is 0 Å². The summed E-state index contributed by atoms with van der Waals surface area (Å²) in [4.78, 5) is 27.5. The lowest BCUT2D eigenvalue weighted by Crippen LogP contribution is -2.09. The van der Waals surface area contributed by atoms with Crippen LogP contribution in [0.2, 0.25) is 0 Å². The van der Waals surface area contributed by atoms with Crippen LogP contribution >= 0.6 is 0 Å². The molecule has 0 saturated carbocycles. The van der Waals surface area contributed by atoms with Crippen LogP contribution in [0, 0.1) is 26.6 Å². The summed E-state index contributed by atoms with van der Waals surface area (Å²) in [6, 6.07) is 5.82. The third kappa shape index (κ3) is 4.06. The molecule has 0 amide bonds. The van der Waals surface area contributed by atoms with Crippen LogP contribution in [0.1, 0.15) is 50.3 Å². The molecule has 0 saturated heterocycles. The first-order valence-corrected chi connectivity index (χ1v) is 9.08. The molecule has 3 rings (SSSR count). The van der Waals surface area contributed by atoms with Crippen molar-refractivity contribution >= 4 is 11.9 Å². The van der Waals surface area contributed by atoms with E-state index in [2.05, 4.69) is 10.1 Å². The van der Waals surface area contributed by atoms with Crippen molar-refractivity contribution in [2.24, 2.45) is 0 Å². The summed E-state index contributed by atoms with van der Waals surface area (Å²) in [6.07, 6.45) is 0. The van der Waals surface area contributed by atoms with E-state index in [0.717, 1.165) is 0 Å². The van der Waals surface area contributed by atoms with Crippen LogP contribution in [0.5, 0.6) is 0 Å². The Labute approximate surface area is 166 Å². The number of aromatic amines is 1. The Bertz CT molecular complexity index is 1050. The van der Waals surface area contributed by atoms with Crippen LogP contribution in [0.15, 0.2) is 28.8 Å². The summed E-state index contributed by atoms with van der Waals surface area (Å²) in [5, 5.41) is 3.95. The molecule has 0 fully saturated rings. The lowest BCUT2D eigenvalue weighted by atomic mass is 10.1. The third-order valence-electron chi connectivity index (χ3n) is 4.59. The first-order valence-electron chi connectivity index (χ1n) is 9.08. The number of hydrogen-bond donors (Lipinski definition) is 1. The predicted molar refractivity (Wildman–Crippen MR) is 102 cm³/mol. The van der Waals surface area contributed by atoms with Gasteiger partial charge in [0.05, 0.1) is 12.2 Å². The zero-order valence-corrected chi connectivity index (χ0v) is 16.6. The molecule has 0 radical (unpaired) electrons. The molecule has 1 N–H and O–H groups in total. The summed E-state index contributed by atoms with van der Waals surface area (Å²) in [6.45, 7) is 6.96. The standard InChI is InChI=1S/C21H21FN2O5/c1-5-27-20(25)17-12(3)18(23-13(17)4)21(26)28-10-16-11(2)19(29-24-16)14-6-8-15(22)9-7-14/h6-9,23H,5,10H2,1-4H3. The van der Waals surface area contributed by atoms with Crippen molar-refractivity contribution in [1.82, 2.24) is 10.1 Å². The van der Waals surface area contributed by atoms with E-state index < -0.39 is 11.9 Å². The van der Waals surface area contributed by atoms with Gasteiger partial charge in [0.2, 0.25) is 0 Å². The normalized spacial score (nSPS) is 10.8. The molecule has 8 heteroatoms. The van der Waals surface area contributed by atoms with E-state index in [4.69, 9.17) is 14.0 Å². The number of ether oxygens (including phenoxy) is 2. The monoisotopic (exact) mass is 400 g/mol. The minimum absolute atomic E-state index is 0.110. The van der Waals surface area contributed by atoms with Gasteiger partial charge >= 0.3 is 11.9 Å².